The zero-order valence-corrected chi connectivity index (χ0v) is 22.0. The van der Waals surface area contributed by atoms with E-state index in [1.54, 1.807) is 17.7 Å². The highest BCUT2D eigenvalue weighted by atomic mass is 32.2. The van der Waals surface area contributed by atoms with Gasteiger partial charge in [0.1, 0.15) is 5.75 Å². The average molecular weight is 511 g/mol. The number of thioether (sulfide) groups is 1. The molecule has 0 aliphatic carbocycles. The van der Waals surface area contributed by atoms with Crippen molar-refractivity contribution in [3.8, 4) is 5.75 Å². The molecular weight excluding hydrogens is 476 g/mol. The highest BCUT2D eigenvalue weighted by molar-refractivity contribution is 8.00. The number of benzene rings is 2. The lowest BCUT2D eigenvalue weighted by atomic mass is 10.2. The van der Waals surface area contributed by atoms with Crippen molar-refractivity contribution in [3.63, 3.8) is 0 Å². The highest BCUT2D eigenvalue weighted by Crippen LogP contribution is 2.28. The summed E-state index contributed by atoms with van der Waals surface area (Å²) in [5.41, 5.74) is 2.27. The van der Waals surface area contributed by atoms with Gasteiger partial charge in [0, 0.05) is 37.1 Å². The lowest BCUT2D eigenvalue weighted by molar-refractivity contribution is -0.115. The summed E-state index contributed by atoms with van der Waals surface area (Å²) >= 11 is 1.35. The number of aromatic nitrogens is 2. The summed E-state index contributed by atoms with van der Waals surface area (Å²) in [7, 11) is 1.59. The van der Waals surface area contributed by atoms with Crippen LogP contribution in [0.2, 0.25) is 0 Å². The minimum absolute atomic E-state index is 0.0610. The number of unbranched alkanes of at least 4 members (excludes halogenated alkanes) is 1. The third kappa shape index (κ3) is 6.02. The first-order valence-corrected chi connectivity index (χ1v) is 13.4. The number of amides is 1. The molecule has 1 fully saturated rings. The fourth-order valence-electron chi connectivity index (χ4n) is 4.18. The van der Waals surface area contributed by atoms with E-state index >= 15 is 0 Å². The van der Waals surface area contributed by atoms with Crippen molar-refractivity contribution in [1.29, 1.82) is 0 Å². The number of carbonyl (C=O) groups excluding carboxylic acids is 1. The summed E-state index contributed by atoms with van der Waals surface area (Å²) in [6, 6.07) is 13.1. The van der Waals surface area contributed by atoms with Crippen molar-refractivity contribution < 1.29 is 14.3 Å². The fraction of sp³-hybridized carbons (Fsp3) is 0.444. The molecule has 192 valence electrons. The number of nitrogens with zero attached hydrogens (tertiary/aromatic N) is 3. The molecule has 0 saturated carbocycles. The number of ether oxygens (including phenoxy) is 2. The SMILES string of the molecule is CCCCn1c(S[C@@H](CC)C(=O)Nc2cccc(OC)c2)nc2ccc(N3CCOCC3)cc2c1=O. The van der Waals surface area contributed by atoms with Crippen LogP contribution in [-0.4, -0.2) is 54.1 Å². The average Bonchev–Trinajstić information content (AvgIpc) is 2.91. The van der Waals surface area contributed by atoms with E-state index in [4.69, 9.17) is 14.5 Å². The van der Waals surface area contributed by atoms with E-state index in [1.807, 2.05) is 43.3 Å². The van der Waals surface area contributed by atoms with E-state index in [0.29, 0.717) is 53.7 Å². The van der Waals surface area contributed by atoms with Gasteiger partial charge < -0.3 is 19.7 Å². The van der Waals surface area contributed by atoms with Gasteiger partial charge in [-0.3, -0.25) is 14.2 Å². The molecule has 1 atom stereocenters. The topological polar surface area (TPSA) is 85.7 Å². The third-order valence-electron chi connectivity index (χ3n) is 6.26. The van der Waals surface area contributed by atoms with Gasteiger partial charge in [0.05, 0.1) is 36.5 Å². The van der Waals surface area contributed by atoms with E-state index in [1.165, 1.54) is 11.8 Å². The molecule has 1 amide bonds. The maximum atomic E-state index is 13.6. The second kappa shape index (κ2) is 12.3. The van der Waals surface area contributed by atoms with Gasteiger partial charge in [-0.25, -0.2) is 4.98 Å². The van der Waals surface area contributed by atoms with Crippen LogP contribution in [0.25, 0.3) is 10.9 Å². The van der Waals surface area contributed by atoms with E-state index < -0.39 is 5.25 Å². The highest BCUT2D eigenvalue weighted by Gasteiger charge is 2.23. The van der Waals surface area contributed by atoms with Gasteiger partial charge in [0.2, 0.25) is 5.91 Å². The minimum Gasteiger partial charge on any atom is -0.497 e. The van der Waals surface area contributed by atoms with Crippen molar-refractivity contribution in [2.75, 3.05) is 43.6 Å². The lowest BCUT2D eigenvalue weighted by Gasteiger charge is -2.29. The van der Waals surface area contributed by atoms with Crippen molar-refractivity contribution in [2.24, 2.45) is 0 Å². The van der Waals surface area contributed by atoms with Crippen LogP contribution >= 0.6 is 11.8 Å². The van der Waals surface area contributed by atoms with Crippen LogP contribution in [0.4, 0.5) is 11.4 Å². The zero-order valence-electron chi connectivity index (χ0n) is 21.2. The first-order valence-electron chi connectivity index (χ1n) is 12.5. The molecule has 1 aliphatic heterocycles. The molecule has 3 aromatic rings. The predicted molar refractivity (Wildman–Crippen MR) is 146 cm³/mol. The van der Waals surface area contributed by atoms with Crippen LogP contribution in [0, 0.1) is 0 Å². The van der Waals surface area contributed by atoms with E-state index in [9.17, 15) is 9.59 Å². The number of fused-ring (bicyclic) bond motifs is 1. The standard InChI is InChI=1S/C27H34N4O4S/c1-4-6-12-31-26(33)22-18-20(30-13-15-35-16-14-30)10-11-23(22)29-27(31)36-24(5-2)25(32)28-19-8-7-9-21(17-19)34-3/h7-11,17-18,24H,4-6,12-16H2,1-3H3,(H,28,32)/t24-/m0/s1. The van der Waals surface area contributed by atoms with Crippen molar-refractivity contribution >= 4 is 39.9 Å². The summed E-state index contributed by atoms with van der Waals surface area (Å²) in [4.78, 5) is 33.9. The molecule has 36 heavy (non-hydrogen) atoms. The summed E-state index contributed by atoms with van der Waals surface area (Å²) in [5, 5.41) is 3.76. The number of hydrogen-bond acceptors (Lipinski definition) is 7. The molecule has 1 saturated heterocycles. The van der Waals surface area contributed by atoms with Crippen molar-refractivity contribution in [2.45, 2.75) is 50.1 Å². The van der Waals surface area contributed by atoms with Crippen LogP contribution in [0.5, 0.6) is 5.75 Å². The zero-order chi connectivity index (χ0) is 25.5. The molecular formula is C27H34N4O4S. The number of anilines is 2. The van der Waals surface area contributed by atoms with Crippen molar-refractivity contribution in [3.05, 3.63) is 52.8 Å². The summed E-state index contributed by atoms with van der Waals surface area (Å²) in [6.07, 6.45) is 2.41. The molecule has 8 nitrogen and oxygen atoms in total. The summed E-state index contributed by atoms with van der Waals surface area (Å²) in [6.45, 7) is 7.60. The molecule has 9 heteroatoms. The molecule has 0 radical (unpaired) electrons. The predicted octanol–water partition coefficient (Wildman–Crippen LogP) is 4.55. The van der Waals surface area contributed by atoms with Crippen LogP contribution in [0.3, 0.4) is 0 Å². The molecule has 0 unspecified atom stereocenters. The second-order valence-corrected chi connectivity index (χ2v) is 9.91. The number of methoxy groups -OCH3 is 1. The van der Waals surface area contributed by atoms with Crippen LogP contribution < -0.4 is 20.5 Å². The molecule has 0 bridgehead atoms. The number of morpholine rings is 1. The van der Waals surface area contributed by atoms with Gasteiger partial charge in [-0.2, -0.15) is 0 Å². The maximum absolute atomic E-state index is 13.6. The van der Waals surface area contributed by atoms with E-state index in [-0.39, 0.29) is 11.5 Å². The summed E-state index contributed by atoms with van der Waals surface area (Å²) in [5.74, 6) is 0.546. The van der Waals surface area contributed by atoms with Gasteiger partial charge in [0.25, 0.3) is 5.56 Å². The van der Waals surface area contributed by atoms with Gasteiger partial charge in [0.15, 0.2) is 5.16 Å². The Morgan fingerprint density at radius 1 is 1.19 bits per heavy atom. The fourth-order valence-corrected chi connectivity index (χ4v) is 5.22. The van der Waals surface area contributed by atoms with E-state index in [2.05, 4.69) is 17.1 Å². The minimum atomic E-state index is -0.402. The Hall–Kier alpha value is -3.04. The Bertz CT molecular complexity index is 1260. The first kappa shape index (κ1) is 26.0. The second-order valence-electron chi connectivity index (χ2n) is 8.74. The molecule has 1 aromatic heterocycles. The Kier molecular flexibility index (Phi) is 8.88. The van der Waals surface area contributed by atoms with Gasteiger partial charge in [-0.15, -0.1) is 0 Å². The van der Waals surface area contributed by atoms with Gasteiger partial charge >= 0.3 is 0 Å². The number of carbonyl (C=O) groups is 1. The number of rotatable bonds is 10. The third-order valence-corrected chi connectivity index (χ3v) is 7.62. The molecule has 0 spiro atoms. The monoisotopic (exact) mass is 510 g/mol. The lowest BCUT2D eigenvalue weighted by Crippen LogP contribution is -2.36. The Balaban J connectivity index is 1.63. The Morgan fingerprint density at radius 2 is 2.00 bits per heavy atom. The van der Waals surface area contributed by atoms with Crippen LogP contribution in [-0.2, 0) is 16.1 Å². The molecule has 1 N–H and O–H groups in total. The normalized spacial score (nSPS) is 14.6. The quantitative estimate of drug-likeness (QED) is 0.316. The van der Waals surface area contributed by atoms with Gasteiger partial charge in [-0.1, -0.05) is 38.1 Å². The van der Waals surface area contributed by atoms with Gasteiger partial charge in [-0.05, 0) is 43.2 Å². The summed E-state index contributed by atoms with van der Waals surface area (Å²) < 4.78 is 12.5. The van der Waals surface area contributed by atoms with Crippen LogP contribution in [0.1, 0.15) is 33.1 Å². The Morgan fingerprint density at radius 3 is 2.72 bits per heavy atom. The molecule has 4 rings (SSSR count). The largest absolute Gasteiger partial charge is 0.497 e. The number of nitrogens with one attached hydrogen (secondary N) is 1. The molecule has 2 aromatic carbocycles. The number of hydrogen-bond donors (Lipinski definition) is 1. The Labute approximate surface area is 216 Å². The van der Waals surface area contributed by atoms with Crippen LogP contribution in [0.15, 0.2) is 52.4 Å². The smallest absolute Gasteiger partial charge is 0.262 e. The molecule has 2 heterocycles. The maximum Gasteiger partial charge on any atom is 0.262 e. The van der Waals surface area contributed by atoms with E-state index in [0.717, 1.165) is 31.6 Å². The first-order chi connectivity index (χ1) is 17.5. The molecule has 1 aliphatic rings. The van der Waals surface area contributed by atoms with Crippen molar-refractivity contribution in [1.82, 2.24) is 9.55 Å².